The molecule has 0 spiro atoms. The summed E-state index contributed by atoms with van der Waals surface area (Å²) in [5.74, 6) is 0. The average molecular weight is 275 g/mol. The van der Waals surface area contributed by atoms with Crippen LogP contribution < -0.4 is 10.5 Å². The van der Waals surface area contributed by atoms with Crippen molar-refractivity contribution in [1.29, 1.82) is 0 Å². The molecule has 1 aromatic rings. The van der Waals surface area contributed by atoms with Gasteiger partial charge in [-0.3, -0.25) is 0 Å². The molecular weight excluding hydrogens is 260 g/mol. The van der Waals surface area contributed by atoms with Crippen molar-refractivity contribution in [1.82, 2.24) is 4.72 Å². The minimum absolute atomic E-state index is 0.110. The van der Waals surface area contributed by atoms with Crippen molar-refractivity contribution in [3.05, 3.63) is 34.9 Å². The first-order chi connectivity index (χ1) is 7.83. The number of allylic oxidation sites excluding steroid dienone is 1. The lowest BCUT2D eigenvalue weighted by Crippen LogP contribution is -2.23. The fourth-order valence-corrected chi connectivity index (χ4v) is 2.35. The van der Waals surface area contributed by atoms with Crippen LogP contribution in [0.1, 0.15) is 13.8 Å². The molecule has 0 amide bonds. The van der Waals surface area contributed by atoms with Crippen LogP contribution >= 0.6 is 11.6 Å². The monoisotopic (exact) mass is 274 g/mol. The molecule has 4 nitrogen and oxygen atoms in total. The number of halogens is 1. The molecule has 0 aliphatic rings. The van der Waals surface area contributed by atoms with Crippen LogP contribution in [0.5, 0.6) is 0 Å². The maximum Gasteiger partial charge on any atom is 0.240 e. The third-order valence-corrected chi connectivity index (χ3v) is 3.81. The lowest BCUT2D eigenvalue weighted by molar-refractivity contribution is 0.585. The molecule has 0 heterocycles. The predicted octanol–water partition coefficient (Wildman–Crippen LogP) is 2.17. The highest BCUT2D eigenvalue weighted by molar-refractivity contribution is 7.89. The van der Waals surface area contributed by atoms with Crippen LogP contribution in [0, 0.1) is 0 Å². The molecule has 0 bridgehead atoms. The molecule has 1 rings (SSSR count). The predicted molar refractivity (Wildman–Crippen MR) is 70.5 cm³/mol. The van der Waals surface area contributed by atoms with E-state index in [-0.39, 0.29) is 16.5 Å². The highest BCUT2D eigenvalue weighted by atomic mass is 35.5. The molecule has 0 aliphatic heterocycles. The van der Waals surface area contributed by atoms with Gasteiger partial charge in [0.15, 0.2) is 0 Å². The topological polar surface area (TPSA) is 72.2 Å². The Hall–Kier alpha value is -1.04. The van der Waals surface area contributed by atoms with E-state index in [1.807, 2.05) is 13.8 Å². The van der Waals surface area contributed by atoms with Crippen molar-refractivity contribution in [2.45, 2.75) is 18.7 Å². The lowest BCUT2D eigenvalue weighted by atomic mass is 10.3. The first-order valence-corrected chi connectivity index (χ1v) is 6.87. The number of rotatable bonds is 4. The maximum absolute atomic E-state index is 11.8. The average Bonchev–Trinajstić information content (AvgIpc) is 2.21. The number of anilines is 1. The third-order valence-electron chi connectivity index (χ3n) is 2.07. The molecule has 0 fully saturated rings. The summed E-state index contributed by atoms with van der Waals surface area (Å²) >= 11 is 5.78. The smallest absolute Gasteiger partial charge is 0.240 e. The first-order valence-electron chi connectivity index (χ1n) is 5.01. The Balaban J connectivity index is 2.90. The van der Waals surface area contributed by atoms with E-state index in [2.05, 4.69) is 4.72 Å². The van der Waals surface area contributed by atoms with Gasteiger partial charge in [-0.15, -0.1) is 0 Å². The van der Waals surface area contributed by atoms with E-state index in [4.69, 9.17) is 17.3 Å². The van der Waals surface area contributed by atoms with Crippen molar-refractivity contribution in [2.24, 2.45) is 0 Å². The summed E-state index contributed by atoms with van der Waals surface area (Å²) in [5, 5.41) is 0.232. The van der Waals surface area contributed by atoms with Gasteiger partial charge in [-0.25, -0.2) is 13.1 Å². The number of benzene rings is 1. The zero-order chi connectivity index (χ0) is 13.1. The van der Waals surface area contributed by atoms with Crippen LogP contribution in [0.4, 0.5) is 5.69 Å². The number of sulfonamides is 1. The number of nitrogen functional groups attached to an aromatic ring is 1. The van der Waals surface area contributed by atoms with E-state index in [0.717, 1.165) is 5.57 Å². The molecule has 1 aromatic carbocycles. The van der Waals surface area contributed by atoms with Gasteiger partial charge in [-0.05, 0) is 32.0 Å². The van der Waals surface area contributed by atoms with Crippen LogP contribution in [0.3, 0.4) is 0 Å². The SMILES string of the molecule is CC(C)=CCNS(=O)(=O)c1ccc(N)c(Cl)c1. The van der Waals surface area contributed by atoms with Crippen molar-refractivity contribution in [3.8, 4) is 0 Å². The summed E-state index contributed by atoms with van der Waals surface area (Å²) < 4.78 is 26.1. The van der Waals surface area contributed by atoms with Crippen LogP contribution in [0.15, 0.2) is 34.7 Å². The Bertz CT molecular complexity index is 534. The molecule has 0 saturated carbocycles. The first kappa shape index (κ1) is 14.0. The molecule has 0 saturated heterocycles. The van der Waals surface area contributed by atoms with E-state index < -0.39 is 10.0 Å². The van der Waals surface area contributed by atoms with Crippen molar-refractivity contribution in [2.75, 3.05) is 12.3 Å². The molecule has 94 valence electrons. The van der Waals surface area contributed by atoms with Crippen molar-refractivity contribution >= 4 is 27.3 Å². The third kappa shape index (κ3) is 4.03. The summed E-state index contributed by atoms with van der Waals surface area (Å²) in [6, 6.07) is 4.23. The summed E-state index contributed by atoms with van der Waals surface area (Å²) in [7, 11) is -3.53. The number of hydrogen-bond acceptors (Lipinski definition) is 3. The maximum atomic E-state index is 11.8. The lowest BCUT2D eigenvalue weighted by Gasteiger charge is -2.06. The van der Waals surface area contributed by atoms with Gasteiger partial charge in [0, 0.05) is 6.54 Å². The summed E-state index contributed by atoms with van der Waals surface area (Å²) in [6.45, 7) is 4.05. The summed E-state index contributed by atoms with van der Waals surface area (Å²) in [4.78, 5) is 0.110. The number of nitrogens with two attached hydrogens (primary N) is 1. The van der Waals surface area contributed by atoms with E-state index >= 15 is 0 Å². The Kier molecular flexibility index (Phi) is 4.56. The molecule has 0 aromatic heterocycles. The number of nitrogens with one attached hydrogen (secondary N) is 1. The van der Waals surface area contributed by atoms with Gasteiger partial charge in [-0.2, -0.15) is 0 Å². The zero-order valence-electron chi connectivity index (χ0n) is 9.70. The van der Waals surface area contributed by atoms with Gasteiger partial charge in [0.2, 0.25) is 10.0 Å². The molecule has 0 atom stereocenters. The largest absolute Gasteiger partial charge is 0.398 e. The molecular formula is C11H15ClN2O2S. The molecule has 0 unspecified atom stereocenters. The van der Waals surface area contributed by atoms with Gasteiger partial charge in [0.05, 0.1) is 15.6 Å². The molecule has 3 N–H and O–H groups in total. The Labute approximate surface area is 107 Å². The molecule has 17 heavy (non-hydrogen) atoms. The van der Waals surface area contributed by atoms with Crippen molar-refractivity contribution < 1.29 is 8.42 Å². The van der Waals surface area contributed by atoms with Gasteiger partial charge in [0.25, 0.3) is 0 Å². The second-order valence-electron chi connectivity index (χ2n) is 3.82. The van der Waals surface area contributed by atoms with Crippen LogP contribution in [-0.4, -0.2) is 15.0 Å². The standard InChI is InChI=1S/C11H15ClN2O2S/c1-8(2)5-6-14-17(15,16)9-3-4-11(13)10(12)7-9/h3-5,7,14H,6,13H2,1-2H3. The fourth-order valence-electron chi connectivity index (χ4n) is 1.11. The fraction of sp³-hybridized carbons (Fsp3) is 0.273. The van der Waals surface area contributed by atoms with Crippen LogP contribution in [0.2, 0.25) is 5.02 Å². The molecule has 6 heteroatoms. The van der Waals surface area contributed by atoms with E-state index in [0.29, 0.717) is 5.69 Å². The summed E-state index contributed by atoms with van der Waals surface area (Å²) in [6.07, 6.45) is 1.79. The Morgan fingerprint density at radius 2 is 2.12 bits per heavy atom. The highest BCUT2D eigenvalue weighted by Crippen LogP contribution is 2.22. The van der Waals surface area contributed by atoms with Crippen molar-refractivity contribution in [3.63, 3.8) is 0 Å². The second-order valence-corrected chi connectivity index (χ2v) is 5.99. The zero-order valence-corrected chi connectivity index (χ0v) is 11.3. The minimum Gasteiger partial charge on any atom is -0.398 e. The Morgan fingerprint density at radius 1 is 1.47 bits per heavy atom. The van der Waals surface area contributed by atoms with Gasteiger partial charge in [0.1, 0.15) is 0 Å². The van der Waals surface area contributed by atoms with Gasteiger partial charge < -0.3 is 5.73 Å². The van der Waals surface area contributed by atoms with E-state index in [1.54, 1.807) is 6.08 Å². The van der Waals surface area contributed by atoms with Crippen LogP contribution in [-0.2, 0) is 10.0 Å². The molecule has 0 aliphatic carbocycles. The highest BCUT2D eigenvalue weighted by Gasteiger charge is 2.13. The number of hydrogen-bond donors (Lipinski definition) is 2. The van der Waals surface area contributed by atoms with E-state index in [9.17, 15) is 8.42 Å². The summed E-state index contributed by atoms with van der Waals surface area (Å²) in [5.41, 5.74) is 6.92. The van der Waals surface area contributed by atoms with Gasteiger partial charge in [-0.1, -0.05) is 23.3 Å². The van der Waals surface area contributed by atoms with Gasteiger partial charge >= 0.3 is 0 Å². The molecule has 0 radical (unpaired) electrons. The normalized spacial score (nSPS) is 11.2. The van der Waals surface area contributed by atoms with Crippen LogP contribution in [0.25, 0.3) is 0 Å². The van der Waals surface area contributed by atoms with E-state index in [1.165, 1.54) is 18.2 Å². The second kappa shape index (κ2) is 5.53. The Morgan fingerprint density at radius 3 is 2.65 bits per heavy atom. The minimum atomic E-state index is -3.53. The quantitative estimate of drug-likeness (QED) is 0.653.